The minimum Gasteiger partial charge on any atom is -0.615 e. The van der Waals surface area contributed by atoms with Crippen LogP contribution in [-0.4, -0.2) is 15.8 Å². The molecule has 0 spiro atoms. The van der Waals surface area contributed by atoms with Crippen molar-refractivity contribution in [3.05, 3.63) is 87.3 Å². The number of hydrogen-bond acceptors (Lipinski definition) is 3. The lowest BCUT2D eigenvalue weighted by Crippen LogP contribution is -2.37. The van der Waals surface area contributed by atoms with Crippen LogP contribution in [0.5, 0.6) is 0 Å². The third kappa shape index (κ3) is 2.57. The molecule has 2 aromatic carbocycles. The third-order valence-corrected chi connectivity index (χ3v) is 6.53. The lowest BCUT2D eigenvalue weighted by Gasteiger charge is -2.33. The van der Waals surface area contributed by atoms with E-state index in [1.54, 1.807) is 12.5 Å². The van der Waals surface area contributed by atoms with Gasteiger partial charge in [0.1, 0.15) is 0 Å². The summed E-state index contributed by atoms with van der Waals surface area (Å²) in [6.45, 7) is 0. The first-order chi connectivity index (χ1) is 10.7. The summed E-state index contributed by atoms with van der Waals surface area (Å²) in [7, 11) is 0. The SMILES string of the molecule is C[S+]([O-])C(c1ccccc1)(c1ccccc1)c1cnc(Cl)s1. The number of hydrogen-bond donors (Lipinski definition) is 0. The number of benzene rings is 2. The first-order valence-electron chi connectivity index (χ1n) is 6.72. The van der Waals surface area contributed by atoms with E-state index in [2.05, 4.69) is 4.98 Å². The lowest BCUT2D eigenvalue weighted by atomic mass is 9.89. The van der Waals surface area contributed by atoms with Gasteiger partial charge in [-0.25, -0.2) is 4.98 Å². The molecule has 1 heterocycles. The van der Waals surface area contributed by atoms with Gasteiger partial charge in [0.25, 0.3) is 0 Å². The molecule has 0 saturated carbocycles. The van der Waals surface area contributed by atoms with Crippen LogP contribution in [0.2, 0.25) is 4.47 Å². The van der Waals surface area contributed by atoms with E-state index in [0.29, 0.717) is 4.47 Å². The molecule has 112 valence electrons. The summed E-state index contributed by atoms with van der Waals surface area (Å²) in [4.78, 5) is 5.05. The van der Waals surface area contributed by atoms with E-state index in [9.17, 15) is 4.55 Å². The average molecular weight is 348 g/mol. The Labute approximate surface area is 142 Å². The first-order valence-corrected chi connectivity index (χ1v) is 9.47. The maximum absolute atomic E-state index is 12.9. The van der Waals surface area contributed by atoms with E-state index in [1.165, 1.54) is 11.3 Å². The monoisotopic (exact) mass is 347 g/mol. The van der Waals surface area contributed by atoms with Crippen molar-refractivity contribution in [3.63, 3.8) is 0 Å². The van der Waals surface area contributed by atoms with Crippen molar-refractivity contribution in [2.45, 2.75) is 4.75 Å². The van der Waals surface area contributed by atoms with Crippen LogP contribution < -0.4 is 0 Å². The van der Waals surface area contributed by atoms with Gasteiger partial charge in [0, 0.05) is 17.3 Å². The molecule has 3 rings (SSSR count). The minimum atomic E-state index is -1.19. The summed E-state index contributed by atoms with van der Waals surface area (Å²) >= 11 is 6.24. The number of halogens is 1. The fourth-order valence-corrected chi connectivity index (χ4v) is 5.51. The fourth-order valence-electron chi connectivity index (χ4n) is 2.69. The highest BCUT2D eigenvalue weighted by molar-refractivity contribution is 7.92. The molecule has 1 unspecified atom stereocenters. The Morgan fingerprint density at radius 3 is 1.86 bits per heavy atom. The van der Waals surface area contributed by atoms with Crippen LogP contribution in [0.25, 0.3) is 0 Å². The van der Waals surface area contributed by atoms with E-state index in [4.69, 9.17) is 11.6 Å². The Morgan fingerprint density at radius 1 is 1.00 bits per heavy atom. The topological polar surface area (TPSA) is 36.0 Å². The second-order valence-electron chi connectivity index (χ2n) is 4.84. The van der Waals surface area contributed by atoms with Gasteiger partial charge in [-0.1, -0.05) is 72.3 Å². The van der Waals surface area contributed by atoms with Gasteiger partial charge in [-0.05, 0) is 11.2 Å². The molecule has 0 aliphatic rings. The van der Waals surface area contributed by atoms with Crippen LogP contribution in [0.3, 0.4) is 0 Å². The molecule has 0 N–H and O–H groups in total. The molecular formula is C17H14ClNOS2. The number of rotatable bonds is 4. The van der Waals surface area contributed by atoms with Crippen LogP contribution in [0.1, 0.15) is 16.0 Å². The van der Waals surface area contributed by atoms with Crippen LogP contribution >= 0.6 is 22.9 Å². The molecule has 0 saturated heterocycles. The fraction of sp³-hybridized carbons (Fsp3) is 0.118. The summed E-state index contributed by atoms with van der Waals surface area (Å²) in [5, 5.41) is 0. The van der Waals surface area contributed by atoms with E-state index in [0.717, 1.165) is 16.0 Å². The molecule has 2 nitrogen and oxygen atoms in total. The van der Waals surface area contributed by atoms with Gasteiger partial charge in [0.2, 0.25) is 4.75 Å². The number of aromatic nitrogens is 1. The van der Waals surface area contributed by atoms with E-state index in [-0.39, 0.29) is 0 Å². The largest absolute Gasteiger partial charge is 0.615 e. The average Bonchev–Trinajstić information content (AvgIpc) is 2.97. The van der Waals surface area contributed by atoms with Crippen LogP contribution in [0.15, 0.2) is 66.9 Å². The maximum atomic E-state index is 12.9. The Balaban J connectivity index is 2.34. The van der Waals surface area contributed by atoms with Gasteiger partial charge in [-0.2, -0.15) is 0 Å². The Bertz CT molecular complexity index is 704. The molecule has 0 fully saturated rings. The summed E-state index contributed by atoms with van der Waals surface area (Å²) in [5.74, 6) is 0. The highest BCUT2D eigenvalue weighted by atomic mass is 35.5. The first kappa shape index (κ1) is 15.6. The zero-order valence-corrected chi connectivity index (χ0v) is 14.3. The predicted octanol–water partition coefficient (Wildman–Crippen LogP) is 4.47. The number of thiazole rings is 1. The van der Waals surface area contributed by atoms with Crippen molar-refractivity contribution in [2.75, 3.05) is 6.26 Å². The quantitative estimate of drug-likeness (QED) is 0.653. The van der Waals surface area contributed by atoms with Gasteiger partial charge in [0.15, 0.2) is 4.47 Å². The zero-order valence-electron chi connectivity index (χ0n) is 11.9. The van der Waals surface area contributed by atoms with Crippen molar-refractivity contribution in [3.8, 4) is 0 Å². The van der Waals surface area contributed by atoms with Gasteiger partial charge in [0.05, 0.1) is 11.1 Å². The highest BCUT2D eigenvalue weighted by Crippen LogP contribution is 2.46. The van der Waals surface area contributed by atoms with E-state index < -0.39 is 15.9 Å². The molecule has 0 aliphatic carbocycles. The van der Waals surface area contributed by atoms with Crippen molar-refractivity contribution in [1.82, 2.24) is 4.98 Å². The summed E-state index contributed by atoms with van der Waals surface area (Å²) in [6, 6.07) is 19.8. The number of nitrogens with zero attached hydrogens (tertiary/aromatic N) is 1. The van der Waals surface area contributed by atoms with Gasteiger partial charge in [-0.3, -0.25) is 0 Å². The molecule has 1 atom stereocenters. The van der Waals surface area contributed by atoms with E-state index in [1.807, 2.05) is 60.7 Å². The summed E-state index contributed by atoms with van der Waals surface area (Å²) < 4.78 is 12.6. The minimum absolute atomic E-state index is 0.455. The lowest BCUT2D eigenvalue weighted by molar-refractivity contribution is 0.579. The molecule has 1 aromatic heterocycles. The highest BCUT2D eigenvalue weighted by Gasteiger charge is 2.47. The van der Waals surface area contributed by atoms with Crippen LogP contribution in [0, 0.1) is 0 Å². The smallest absolute Gasteiger partial charge is 0.211 e. The van der Waals surface area contributed by atoms with Crippen molar-refractivity contribution >= 4 is 34.1 Å². The van der Waals surface area contributed by atoms with Gasteiger partial charge >= 0.3 is 0 Å². The Morgan fingerprint density at radius 2 is 1.50 bits per heavy atom. The van der Waals surface area contributed by atoms with Gasteiger partial charge < -0.3 is 4.55 Å². The van der Waals surface area contributed by atoms with E-state index >= 15 is 0 Å². The maximum Gasteiger partial charge on any atom is 0.211 e. The molecular weight excluding hydrogens is 334 g/mol. The van der Waals surface area contributed by atoms with Gasteiger partial charge in [-0.15, -0.1) is 11.3 Å². The normalized spacial score (nSPS) is 13.0. The third-order valence-electron chi connectivity index (χ3n) is 3.62. The summed E-state index contributed by atoms with van der Waals surface area (Å²) in [6.07, 6.45) is 3.46. The van der Waals surface area contributed by atoms with Crippen molar-refractivity contribution in [1.29, 1.82) is 0 Å². The molecule has 22 heavy (non-hydrogen) atoms. The zero-order chi connectivity index (χ0) is 15.6. The second kappa shape index (κ2) is 6.42. The summed E-state index contributed by atoms with van der Waals surface area (Å²) in [5.41, 5.74) is 1.95. The second-order valence-corrected chi connectivity index (χ2v) is 7.98. The molecule has 5 heteroatoms. The van der Waals surface area contributed by atoms with Crippen LogP contribution in [0.4, 0.5) is 0 Å². The molecule has 0 amide bonds. The Kier molecular flexibility index (Phi) is 4.54. The van der Waals surface area contributed by atoms with Crippen LogP contribution in [-0.2, 0) is 15.9 Å². The van der Waals surface area contributed by atoms with Crippen molar-refractivity contribution in [2.24, 2.45) is 0 Å². The Hall–Kier alpha value is -1.33. The molecule has 0 bridgehead atoms. The van der Waals surface area contributed by atoms with Crippen molar-refractivity contribution < 1.29 is 4.55 Å². The predicted molar refractivity (Wildman–Crippen MR) is 94.0 cm³/mol. The standard InChI is InChI=1S/C17H14ClNOS2/c1-22(20)17(13-8-4-2-5-9-13,14-10-6-3-7-11-14)15-12-19-16(18)21-15/h2-12H,1H3. The molecule has 3 aromatic rings. The molecule has 0 aliphatic heterocycles. The molecule has 0 radical (unpaired) electrons.